The first-order valence-electron chi connectivity index (χ1n) is 8.85. The molecule has 0 unspecified atom stereocenters. The molecule has 0 aliphatic heterocycles. The molecule has 1 amide bonds. The zero-order valence-corrected chi connectivity index (χ0v) is 16.1. The van der Waals surface area contributed by atoms with Crippen LogP contribution in [0.25, 0.3) is 0 Å². The molecule has 0 aliphatic carbocycles. The molecule has 3 aromatic rings. The molecule has 0 atom stereocenters. The Balaban J connectivity index is 1.91. The molecule has 0 spiro atoms. The van der Waals surface area contributed by atoms with Crippen molar-refractivity contribution in [2.24, 2.45) is 0 Å². The van der Waals surface area contributed by atoms with Crippen molar-refractivity contribution in [3.8, 4) is 11.6 Å². The molecule has 0 fully saturated rings. The van der Waals surface area contributed by atoms with Gasteiger partial charge < -0.3 is 10.1 Å². The third-order valence-corrected chi connectivity index (χ3v) is 4.34. The summed E-state index contributed by atoms with van der Waals surface area (Å²) in [7, 11) is 0. The number of alkyl halides is 6. The number of benzene rings is 2. The average molecular weight is 458 g/mol. The number of anilines is 1. The number of rotatable bonds is 4. The summed E-state index contributed by atoms with van der Waals surface area (Å²) in [6.07, 6.45) is -8.40. The third kappa shape index (κ3) is 4.98. The van der Waals surface area contributed by atoms with Crippen molar-refractivity contribution in [2.45, 2.75) is 19.3 Å². The Morgan fingerprint density at radius 1 is 0.969 bits per heavy atom. The van der Waals surface area contributed by atoms with Gasteiger partial charge in [-0.05, 0) is 55.0 Å². The number of nitrogens with zero attached hydrogens (tertiary/aromatic N) is 1. The van der Waals surface area contributed by atoms with Crippen LogP contribution in [-0.4, -0.2) is 10.9 Å². The number of pyridine rings is 1. The highest BCUT2D eigenvalue weighted by atomic mass is 19.4. The minimum atomic E-state index is -4.99. The average Bonchev–Trinajstić information content (AvgIpc) is 2.69. The zero-order valence-electron chi connectivity index (χ0n) is 16.1. The normalized spacial score (nSPS) is 11.9. The van der Waals surface area contributed by atoms with Crippen molar-refractivity contribution >= 4 is 11.6 Å². The summed E-state index contributed by atoms with van der Waals surface area (Å²) in [5, 5.41) is 2.22. The van der Waals surface area contributed by atoms with Crippen LogP contribution in [0.15, 0.2) is 54.7 Å². The number of ether oxygens (including phenoxy) is 1. The fraction of sp³-hybridized carbons (Fsp3) is 0.143. The number of hydrogen-bond acceptors (Lipinski definition) is 3. The van der Waals surface area contributed by atoms with Crippen LogP contribution < -0.4 is 10.1 Å². The fourth-order valence-corrected chi connectivity index (χ4v) is 2.84. The van der Waals surface area contributed by atoms with Gasteiger partial charge >= 0.3 is 12.4 Å². The van der Waals surface area contributed by atoms with Gasteiger partial charge in [0.15, 0.2) is 0 Å². The second-order valence-corrected chi connectivity index (χ2v) is 6.53. The van der Waals surface area contributed by atoms with Gasteiger partial charge in [0.25, 0.3) is 5.91 Å². The second kappa shape index (κ2) is 8.48. The molecule has 1 N–H and O–H groups in total. The number of hydrogen-bond donors (Lipinski definition) is 1. The number of halogens is 7. The molecule has 1 aromatic heterocycles. The quantitative estimate of drug-likeness (QED) is 0.448. The maximum atomic E-state index is 13.7. The lowest BCUT2D eigenvalue weighted by molar-refractivity contribution is -0.140. The maximum absolute atomic E-state index is 13.7. The number of amides is 1. The molecule has 1 heterocycles. The van der Waals surface area contributed by atoms with E-state index in [1.54, 1.807) is 0 Å². The van der Waals surface area contributed by atoms with Gasteiger partial charge in [-0.1, -0.05) is 6.07 Å². The lowest BCUT2D eigenvalue weighted by Gasteiger charge is -2.16. The van der Waals surface area contributed by atoms with Gasteiger partial charge in [-0.3, -0.25) is 4.79 Å². The maximum Gasteiger partial charge on any atom is 0.419 e. The molecule has 0 saturated carbocycles. The minimum Gasteiger partial charge on any atom is -0.438 e. The predicted molar refractivity (Wildman–Crippen MR) is 99.8 cm³/mol. The van der Waals surface area contributed by atoms with E-state index in [1.165, 1.54) is 24.4 Å². The van der Waals surface area contributed by atoms with Gasteiger partial charge in [0.05, 0.1) is 11.1 Å². The first-order chi connectivity index (χ1) is 14.9. The van der Waals surface area contributed by atoms with E-state index in [1.807, 2.05) is 0 Å². The molecule has 0 radical (unpaired) electrons. The molecular weight excluding hydrogens is 445 g/mol. The van der Waals surface area contributed by atoms with Crippen molar-refractivity contribution in [2.75, 3.05) is 5.32 Å². The van der Waals surface area contributed by atoms with Crippen LogP contribution in [0.1, 0.15) is 27.0 Å². The SMILES string of the molecule is Cc1c(NC(=O)c2cccnc2Oc2cccc(C(F)(F)F)c2)ccc(F)c1C(F)(F)F. The molecule has 32 heavy (non-hydrogen) atoms. The fourth-order valence-electron chi connectivity index (χ4n) is 2.84. The van der Waals surface area contributed by atoms with Gasteiger partial charge in [0, 0.05) is 11.9 Å². The van der Waals surface area contributed by atoms with E-state index in [0.717, 1.165) is 25.1 Å². The highest BCUT2D eigenvalue weighted by Gasteiger charge is 2.37. The van der Waals surface area contributed by atoms with Crippen molar-refractivity contribution < 1.29 is 40.3 Å². The van der Waals surface area contributed by atoms with Crippen LogP contribution in [0, 0.1) is 12.7 Å². The van der Waals surface area contributed by atoms with Crippen molar-refractivity contribution in [3.05, 3.63) is 82.8 Å². The first kappa shape index (κ1) is 23.0. The summed E-state index contributed by atoms with van der Waals surface area (Å²) < 4.78 is 97.0. The van der Waals surface area contributed by atoms with Crippen molar-refractivity contribution in [1.29, 1.82) is 0 Å². The Labute approximate surface area is 176 Å². The summed E-state index contributed by atoms with van der Waals surface area (Å²) in [6, 6.07) is 7.91. The predicted octanol–water partition coefficient (Wildman–Crippen LogP) is 6.61. The van der Waals surface area contributed by atoms with Gasteiger partial charge in [0.1, 0.15) is 17.1 Å². The van der Waals surface area contributed by atoms with E-state index in [9.17, 15) is 35.5 Å². The second-order valence-electron chi connectivity index (χ2n) is 6.53. The van der Waals surface area contributed by atoms with E-state index in [2.05, 4.69) is 10.3 Å². The Bertz CT molecular complexity index is 1160. The van der Waals surface area contributed by atoms with Gasteiger partial charge in [0.2, 0.25) is 5.88 Å². The summed E-state index contributed by atoms with van der Waals surface area (Å²) in [5.74, 6) is -3.09. The smallest absolute Gasteiger partial charge is 0.419 e. The Hall–Kier alpha value is -3.63. The molecule has 11 heteroatoms. The van der Waals surface area contributed by atoms with Crippen molar-refractivity contribution in [1.82, 2.24) is 4.98 Å². The van der Waals surface area contributed by atoms with Crippen LogP contribution in [0.2, 0.25) is 0 Å². The molecule has 4 nitrogen and oxygen atoms in total. The van der Waals surface area contributed by atoms with E-state index in [0.29, 0.717) is 12.1 Å². The van der Waals surface area contributed by atoms with E-state index >= 15 is 0 Å². The summed E-state index contributed by atoms with van der Waals surface area (Å²) >= 11 is 0. The minimum absolute atomic E-state index is 0.259. The monoisotopic (exact) mass is 458 g/mol. The number of carbonyl (C=O) groups excluding carboxylic acids is 1. The molecule has 168 valence electrons. The van der Waals surface area contributed by atoms with E-state index in [-0.39, 0.29) is 22.9 Å². The van der Waals surface area contributed by atoms with Gasteiger partial charge in [-0.2, -0.15) is 26.3 Å². The molecule has 0 bridgehead atoms. The Morgan fingerprint density at radius 3 is 2.34 bits per heavy atom. The zero-order chi connectivity index (χ0) is 23.7. The number of aromatic nitrogens is 1. The van der Waals surface area contributed by atoms with Crippen LogP contribution in [0.5, 0.6) is 11.6 Å². The Morgan fingerprint density at radius 2 is 1.69 bits per heavy atom. The number of carbonyl (C=O) groups is 1. The molecule has 2 aromatic carbocycles. The van der Waals surface area contributed by atoms with Crippen molar-refractivity contribution in [3.63, 3.8) is 0 Å². The van der Waals surface area contributed by atoms with Crippen LogP contribution in [0.4, 0.5) is 36.4 Å². The topological polar surface area (TPSA) is 51.2 Å². The van der Waals surface area contributed by atoms with Crippen LogP contribution in [0.3, 0.4) is 0 Å². The molecule has 0 saturated heterocycles. The summed E-state index contributed by atoms with van der Waals surface area (Å²) in [4.78, 5) is 16.5. The first-order valence-corrected chi connectivity index (χ1v) is 8.85. The lowest BCUT2D eigenvalue weighted by atomic mass is 10.1. The Kier molecular flexibility index (Phi) is 6.11. The highest BCUT2D eigenvalue weighted by Crippen LogP contribution is 2.37. The summed E-state index contributed by atoms with van der Waals surface area (Å²) in [6.45, 7) is 0.991. The molecular formula is C21H13F7N2O2. The van der Waals surface area contributed by atoms with Gasteiger partial charge in [-0.15, -0.1) is 0 Å². The van der Waals surface area contributed by atoms with E-state index < -0.39 is 40.8 Å². The van der Waals surface area contributed by atoms with Crippen LogP contribution in [-0.2, 0) is 12.4 Å². The van der Waals surface area contributed by atoms with Gasteiger partial charge in [-0.25, -0.2) is 9.37 Å². The molecule has 0 aliphatic rings. The highest BCUT2D eigenvalue weighted by molar-refractivity contribution is 6.06. The molecule has 3 rings (SSSR count). The van der Waals surface area contributed by atoms with Crippen LogP contribution >= 0.6 is 0 Å². The third-order valence-electron chi connectivity index (χ3n) is 4.34. The summed E-state index contributed by atoms with van der Waals surface area (Å²) in [5.41, 5.74) is -3.63. The largest absolute Gasteiger partial charge is 0.438 e. The number of nitrogens with one attached hydrogen (secondary N) is 1. The standard InChI is InChI=1S/C21H13F7N2O2/c1-11-16(8-7-15(22)17(11)21(26,27)28)30-18(31)14-6-3-9-29-19(14)32-13-5-2-4-12(10-13)20(23,24)25/h2-10H,1H3,(H,30,31). The lowest BCUT2D eigenvalue weighted by Crippen LogP contribution is -2.17. The van der Waals surface area contributed by atoms with E-state index in [4.69, 9.17) is 4.74 Å².